The summed E-state index contributed by atoms with van der Waals surface area (Å²) >= 11 is 0. The number of benzene rings is 1. The highest BCUT2D eigenvalue weighted by Gasteiger charge is 2.20. The summed E-state index contributed by atoms with van der Waals surface area (Å²) < 4.78 is 2.17. The second-order valence-electron chi connectivity index (χ2n) is 6.66. The Kier molecular flexibility index (Phi) is 3.73. The molecule has 1 atom stereocenters. The minimum Gasteiger partial charge on any atom is -0.296 e. The van der Waals surface area contributed by atoms with Crippen molar-refractivity contribution in [1.29, 1.82) is 0 Å². The van der Waals surface area contributed by atoms with Gasteiger partial charge in [0, 0.05) is 18.4 Å². The fourth-order valence-corrected chi connectivity index (χ4v) is 3.68. The highest BCUT2D eigenvalue weighted by molar-refractivity contribution is 5.91. The number of aryl methyl sites for hydroxylation is 1. The number of piperidine rings is 1. The molecule has 120 valence electrons. The van der Waals surface area contributed by atoms with Gasteiger partial charge in [0.05, 0.1) is 12.1 Å². The van der Waals surface area contributed by atoms with Gasteiger partial charge >= 0.3 is 0 Å². The molecule has 5 heteroatoms. The van der Waals surface area contributed by atoms with Crippen LogP contribution in [0.2, 0.25) is 0 Å². The Balaban J connectivity index is 1.80. The summed E-state index contributed by atoms with van der Waals surface area (Å²) in [6.45, 7) is 7.64. The normalized spacial score (nSPS) is 19.7. The molecule has 0 amide bonds. The molecule has 0 saturated carbocycles. The van der Waals surface area contributed by atoms with Gasteiger partial charge < -0.3 is 0 Å². The fourth-order valence-electron chi connectivity index (χ4n) is 3.68. The molecule has 1 saturated heterocycles. The number of hydrogen-bond acceptors (Lipinski definition) is 4. The molecule has 1 aliphatic rings. The van der Waals surface area contributed by atoms with Crippen LogP contribution in [0.4, 0.5) is 0 Å². The van der Waals surface area contributed by atoms with E-state index in [2.05, 4.69) is 45.5 Å². The van der Waals surface area contributed by atoms with Crippen LogP contribution in [0.5, 0.6) is 0 Å². The average molecular weight is 309 g/mol. The lowest BCUT2D eigenvalue weighted by molar-refractivity contribution is 0.172. The number of fused-ring (bicyclic) bond motifs is 3. The van der Waals surface area contributed by atoms with Gasteiger partial charge in [-0.1, -0.05) is 26.0 Å². The molecular formula is C18H23N5. The molecule has 0 N–H and O–H groups in total. The van der Waals surface area contributed by atoms with Crippen molar-refractivity contribution in [2.75, 3.05) is 13.1 Å². The van der Waals surface area contributed by atoms with Crippen LogP contribution in [0.3, 0.4) is 0 Å². The number of hydrogen-bond donors (Lipinski definition) is 0. The quantitative estimate of drug-likeness (QED) is 0.746. The molecule has 1 fully saturated rings. The van der Waals surface area contributed by atoms with E-state index in [9.17, 15) is 0 Å². The van der Waals surface area contributed by atoms with Crippen LogP contribution in [0.25, 0.3) is 16.6 Å². The number of para-hydroxylation sites is 1. The third kappa shape index (κ3) is 2.59. The van der Waals surface area contributed by atoms with E-state index < -0.39 is 0 Å². The van der Waals surface area contributed by atoms with Crippen molar-refractivity contribution >= 4 is 16.6 Å². The molecule has 1 aliphatic heterocycles. The molecule has 3 aromatic rings. The Labute approximate surface area is 136 Å². The molecule has 2 aromatic heterocycles. The lowest BCUT2D eigenvalue weighted by Gasteiger charge is -2.30. The predicted octanol–water partition coefficient (Wildman–Crippen LogP) is 3.07. The monoisotopic (exact) mass is 309 g/mol. The standard InChI is InChI=1S/C18H23N5/c1-3-16-19-15-9-5-4-8-14(15)18-21-20-17(23(16)18)12-22-10-6-7-13(2)11-22/h4-5,8-9,13H,3,6-7,10-12H2,1-2H3/t13-/m0/s1. The molecule has 5 nitrogen and oxygen atoms in total. The van der Waals surface area contributed by atoms with Crippen LogP contribution in [0, 0.1) is 5.92 Å². The third-order valence-electron chi connectivity index (χ3n) is 4.81. The fraction of sp³-hybridized carbons (Fsp3) is 0.500. The van der Waals surface area contributed by atoms with E-state index in [-0.39, 0.29) is 0 Å². The van der Waals surface area contributed by atoms with Crippen molar-refractivity contribution < 1.29 is 0 Å². The maximum atomic E-state index is 4.83. The Morgan fingerprint density at radius 2 is 2.04 bits per heavy atom. The summed E-state index contributed by atoms with van der Waals surface area (Å²) in [7, 11) is 0. The van der Waals surface area contributed by atoms with Crippen LogP contribution in [0.1, 0.15) is 38.3 Å². The Morgan fingerprint density at radius 1 is 1.17 bits per heavy atom. The Bertz CT molecular complexity index is 838. The van der Waals surface area contributed by atoms with Gasteiger partial charge in [0.2, 0.25) is 0 Å². The second kappa shape index (κ2) is 5.89. The van der Waals surface area contributed by atoms with Gasteiger partial charge in [0.15, 0.2) is 11.5 Å². The molecule has 0 spiro atoms. The summed E-state index contributed by atoms with van der Waals surface area (Å²) in [4.78, 5) is 7.33. The highest BCUT2D eigenvalue weighted by atomic mass is 15.3. The van der Waals surface area contributed by atoms with E-state index in [1.54, 1.807) is 0 Å². The van der Waals surface area contributed by atoms with Crippen molar-refractivity contribution in [3.05, 3.63) is 35.9 Å². The van der Waals surface area contributed by atoms with Crippen LogP contribution < -0.4 is 0 Å². The van der Waals surface area contributed by atoms with E-state index in [0.717, 1.165) is 60.2 Å². The molecule has 4 rings (SSSR count). The van der Waals surface area contributed by atoms with Crippen molar-refractivity contribution in [3.8, 4) is 0 Å². The van der Waals surface area contributed by atoms with Gasteiger partial charge in [-0.25, -0.2) is 4.98 Å². The Morgan fingerprint density at radius 3 is 2.87 bits per heavy atom. The van der Waals surface area contributed by atoms with Crippen LogP contribution >= 0.6 is 0 Å². The minimum atomic E-state index is 0.771. The summed E-state index contributed by atoms with van der Waals surface area (Å²) in [5.74, 6) is 2.83. The molecule has 0 aliphatic carbocycles. The highest BCUT2D eigenvalue weighted by Crippen LogP contribution is 2.22. The van der Waals surface area contributed by atoms with Crippen LogP contribution in [0.15, 0.2) is 24.3 Å². The largest absolute Gasteiger partial charge is 0.296 e. The predicted molar refractivity (Wildman–Crippen MR) is 91.3 cm³/mol. The number of rotatable bonds is 3. The zero-order chi connectivity index (χ0) is 15.8. The zero-order valence-corrected chi connectivity index (χ0v) is 13.9. The molecule has 23 heavy (non-hydrogen) atoms. The van der Waals surface area contributed by atoms with Gasteiger partial charge in [-0.3, -0.25) is 9.30 Å². The van der Waals surface area contributed by atoms with Crippen LogP contribution in [-0.2, 0) is 13.0 Å². The molecule has 0 bridgehead atoms. The summed E-state index contributed by atoms with van der Waals surface area (Å²) in [5.41, 5.74) is 1.94. The first-order valence-electron chi connectivity index (χ1n) is 8.60. The lowest BCUT2D eigenvalue weighted by Crippen LogP contribution is -2.34. The molecular weight excluding hydrogens is 286 g/mol. The average Bonchev–Trinajstić information content (AvgIpc) is 2.98. The van der Waals surface area contributed by atoms with Crippen molar-refractivity contribution in [3.63, 3.8) is 0 Å². The minimum absolute atomic E-state index is 0.771. The van der Waals surface area contributed by atoms with Gasteiger partial charge in [0.1, 0.15) is 5.82 Å². The van der Waals surface area contributed by atoms with Gasteiger partial charge in [-0.05, 0) is 37.4 Å². The molecule has 1 aromatic carbocycles. The van der Waals surface area contributed by atoms with Crippen molar-refractivity contribution in [2.45, 2.75) is 39.7 Å². The number of aromatic nitrogens is 4. The van der Waals surface area contributed by atoms with Crippen LogP contribution in [-0.4, -0.2) is 37.6 Å². The Hall–Kier alpha value is -2.01. The van der Waals surface area contributed by atoms with Gasteiger partial charge in [-0.15, -0.1) is 10.2 Å². The zero-order valence-electron chi connectivity index (χ0n) is 13.9. The second-order valence-corrected chi connectivity index (χ2v) is 6.66. The van der Waals surface area contributed by atoms with Gasteiger partial charge in [-0.2, -0.15) is 0 Å². The maximum absolute atomic E-state index is 4.83. The van der Waals surface area contributed by atoms with E-state index >= 15 is 0 Å². The molecule has 0 radical (unpaired) electrons. The van der Waals surface area contributed by atoms with Crippen molar-refractivity contribution in [1.82, 2.24) is 24.5 Å². The van der Waals surface area contributed by atoms with E-state index in [0.29, 0.717) is 0 Å². The first-order chi connectivity index (χ1) is 11.3. The lowest BCUT2D eigenvalue weighted by atomic mass is 10.0. The summed E-state index contributed by atoms with van der Waals surface area (Å²) in [6.07, 6.45) is 3.49. The molecule has 0 unspecified atom stereocenters. The summed E-state index contributed by atoms with van der Waals surface area (Å²) in [6, 6.07) is 8.20. The number of nitrogens with zero attached hydrogens (tertiary/aromatic N) is 5. The summed E-state index contributed by atoms with van der Waals surface area (Å²) in [5, 5.41) is 10.1. The van der Waals surface area contributed by atoms with E-state index in [1.165, 1.54) is 12.8 Å². The van der Waals surface area contributed by atoms with E-state index in [4.69, 9.17) is 4.98 Å². The van der Waals surface area contributed by atoms with Gasteiger partial charge in [0.25, 0.3) is 0 Å². The maximum Gasteiger partial charge on any atom is 0.171 e. The first-order valence-corrected chi connectivity index (χ1v) is 8.60. The van der Waals surface area contributed by atoms with E-state index in [1.807, 2.05) is 12.1 Å². The number of likely N-dealkylation sites (tertiary alicyclic amines) is 1. The molecule has 3 heterocycles. The first kappa shape index (κ1) is 14.6. The third-order valence-corrected chi connectivity index (χ3v) is 4.81. The topological polar surface area (TPSA) is 46.3 Å². The smallest absolute Gasteiger partial charge is 0.171 e. The SMILES string of the molecule is CCc1nc2ccccc2c2nnc(CN3CCC[C@H](C)C3)n12. The van der Waals surface area contributed by atoms with Crippen molar-refractivity contribution in [2.24, 2.45) is 5.92 Å².